The van der Waals surface area contributed by atoms with Crippen LogP contribution >= 0.6 is 0 Å². The Balaban J connectivity index is 1.66. The van der Waals surface area contributed by atoms with E-state index in [4.69, 9.17) is 0 Å². The topological polar surface area (TPSA) is 109 Å². The number of anilines is 1. The van der Waals surface area contributed by atoms with Gasteiger partial charge in [0.2, 0.25) is 0 Å². The van der Waals surface area contributed by atoms with Crippen molar-refractivity contribution in [3.8, 4) is 0 Å². The Kier molecular flexibility index (Phi) is 6.71. The van der Waals surface area contributed by atoms with Gasteiger partial charge < -0.3 is 5.32 Å². The minimum atomic E-state index is -3.73. The predicted molar refractivity (Wildman–Crippen MR) is 124 cm³/mol. The fraction of sp³-hybridized carbons (Fsp3) is 0.174. The molecular weight excluding hydrogens is 448 g/mol. The molecule has 168 valence electrons. The van der Waals surface area contributed by atoms with Crippen LogP contribution in [0.2, 0.25) is 0 Å². The molecule has 3 aromatic rings. The van der Waals surface area contributed by atoms with Gasteiger partial charge in [-0.1, -0.05) is 29.8 Å². The molecule has 1 atom stereocenters. The third-order valence-corrected chi connectivity index (χ3v) is 7.41. The predicted octanol–water partition coefficient (Wildman–Crippen LogP) is 3.69. The number of sulfone groups is 1. The first-order valence-electron chi connectivity index (χ1n) is 9.76. The van der Waals surface area contributed by atoms with E-state index >= 15 is 0 Å². The zero-order valence-electron chi connectivity index (χ0n) is 17.9. The summed E-state index contributed by atoms with van der Waals surface area (Å²) >= 11 is 0. The monoisotopic (exact) mass is 472 g/mol. The second kappa shape index (κ2) is 9.13. The fourth-order valence-corrected chi connectivity index (χ4v) is 4.68. The molecule has 0 bridgehead atoms. The maximum Gasteiger partial charge on any atom is 0.261 e. The van der Waals surface area contributed by atoms with Crippen LogP contribution in [0.4, 0.5) is 5.69 Å². The van der Waals surface area contributed by atoms with Crippen LogP contribution in [0.3, 0.4) is 0 Å². The summed E-state index contributed by atoms with van der Waals surface area (Å²) in [5, 5.41) is 2.84. The SMILES string of the molecule is Cc1ccc(S(=O)(=O)Nc2ccc(C(=O)N[C@@H](C)c3ccc(S(C)(=O)=O)cc3)cc2)cc1. The van der Waals surface area contributed by atoms with Gasteiger partial charge >= 0.3 is 0 Å². The van der Waals surface area contributed by atoms with Gasteiger partial charge in [0.15, 0.2) is 9.84 Å². The van der Waals surface area contributed by atoms with Gasteiger partial charge in [0.25, 0.3) is 15.9 Å². The maximum atomic E-state index is 12.6. The Labute approximate surface area is 188 Å². The molecule has 3 rings (SSSR count). The Hall–Kier alpha value is -3.17. The third kappa shape index (κ3) is 5.74. The molecule has 0 saturated heterocycles. The van der Waals surface area contributed by atoms with Crippen LogP contribution in [0.25, 0.3) is 0 Å². The van der Waals surface area contributed by atoms with Gasteiger partial charge in [-0.3, -0.25) is 9.52 Å². The number of hydrogen-bond acceptors (Lipinski definition) is 5. The Morgan fingerprint density at radius 1 is 0.781 bits per heavy atom. The molecule has 0 aromatic heterocycles. The number of carbonyl (C=O) groups is 1. The third-order valence-electron chi connectivity index (χ3n) is 4.89. The van der Waals surface area contributed by atoms with Crippen LogP contribution in [0.1, 0.15) is 34.5 Å². The largest absolute Gasteiger partial charge is 0.346 e. The van der Waals surface area contributed by atoms with E-state index in [1.54, 1.807) is 31.2 Å². The molecule has 3 aromatic carbocycles. The van der Waals surface area contributed by atoms with Gasteiger partial charge in [-0.05, 0) is 67.9 Å². The molecule has 1 amide bonds. The van der Waals surface area contributed by atoms with Crippen molar-refractivity contribution < 1.29 is 21.6 Å². The van der Waals surface area contributed by atoms with Crippen molar-refractivity contribution in [2.75, 3.05) is 11.0 Å². The highest BCUT2D eigenvalue weighted by Gasteiger charge is 2.16. The van der Waals surface area contributed by atoms with Crippen LogP contribution in [-0.2, 0) is 19.9 Å². The van der Waals surface area contributed by atoms with Gasteiger partial charge in [0.1, 0.15) is 0 Å². The van der Waals surface area contributed by atoms with Crippen LogP contribution in [0, 0.1) is 6.92 Å². The lowest BCUT2D eigenvalue weighted by Crippen LogP contribution is -2.26. The van der Waals surface area contributed by atoms with Gasteiger partial charge in [-0.15, -0.1) is 0 Å². The van der Waals surface area contributed by atoms with E-state index in [0.29, 0.717) is 11.3 Å². The number of aryl methyl sites for hydroxylation is 1. The number of rotatable bonds is 7. The first-order valence-corrected chi connectivity index (χ1v) is 13.1. The molecule has 0 heterocycles. The van der Waals surface area contributed by atoms with Crippen molar-refractivity contribution in [3.05, 3.63) is 89.5 Å². The zero-order chi connectivity index (χ0) is 23.5. The lowest BCUT2D eigenvalue weighted by molar-refractivity contribution is 0.0940. The number of sulfonamides is 1. The molecule has 0 fully saturated rings. The minimum absolute atomic E-state index is 0.153. The summed E-state index contributed by atoms with van der Waals surface area (Å²) < 4.78 is 50.6. The highest BCUT2D eigenvalue weighted by molar-refractivity contribution is 7.92. The summed E-state index contributed by atoms with van der Waals surface area (Å²) in [6.45, 7) is 3.66. The molecule has 0 aliphatic heterocycles. The van der Waals surface area contributed by atoms with Crippen molar-refractivity contribution in [2.24, 2.45) is 0 Å². The van der Waals surface area contributed by atoms with Crippen molar-refractivity contribution >= 4 is 31.5 Å². The van der Waals surface area contributed by atoms with Crippen LogP contribution in [0.5, 0.6) is 0 Å². The van der Waals surface area contributed by atoms with E-state index < -0.39 is 19.9 Å². The summed E-state index contributed by atoms with van der Waals surface area (Å²) in [5.41, 5.74) is 2.42. The summed E-state index contributed by atoms with van der Waals surface area (Å²) in [6.07, 6.45) is 1.14. The van der Waals surface area contributed by atoms with Crippen molar-refractivity contribution in [3.63, 3.8) is 0 Å². The summed E-state index contributed by atoms with van der Waals surface area (Å²) in [4.78, 5) is 12.9. The van der Waals surface area contributed by atoms with Crippen molar-refractivity contribution in [2.45, 2.75) is 29.7 Å². The number of hydrogen-bond donors (Lipinski definition) is 2. The molecule has 0 spiro atoms. The second-order valence-electron chi connectivity index (χ2n) is 7.53. The van der Waals surface area contributed by atoms with E-state index in [1.807, 2.05) is 6.92 Å². The summed E-state index contributed by atoms with van der Waals surface area (Å²) in [6, 6.07) is 18.6. The standard InChI is InChI=1S/C23H24N2O5S2/c1-16-4-12-22(13-5-16)32(29,30)25-20-10-6-19(7-11-20)23(26)24-17(2)18-8-14-21(15-9-18)31(3,27)28/h4-15,17,25H,1-3H3,(H,24,26)/t17-/m0/s1. The zero-order valence-corrected chi connectivity index (χ0v) is 19.5. The lowest BCUT2D eigenvalue weighted by atomic mass is 10.1. The molecule has 0 aliphatic carbocycles. The van der Waals surface area contributed by atoms with E-state index in [9.17, 15) is 21.6 Å². The second-order valence-corrected chi connectivity index (χ2v) is 11.2. The van der Waals surface area contributed by atoms with Crippen molar-refractivity contribution in [1.29, 1.82) is 0 Å². The Morgan fingerprint density at radius 2 is 1.31 bits per heavy atom. The molecule has 0 unspecified atom stereocenters. The minimum Gasteiger partial charge on any atom is -0.346 e. The molecular formula is C23H24N2O5S2. The first-order chi connectivity index (χ1) is 15.0. The fourth-order valence-electron chi connectivity index (χ4n) is 2.99. The molecule has 7 nitrogen and oxygen atoms in total. The number of nitrogens with one attached hydrogen (secondary N) is 2. The lowest BCUT2D eigenvalue weighted by Gasteiger charge is -2.15. The van der Waals surface area contributed by atoms with Gasteiger partial charge in [-0.2, -0.15) is 0 Å². The molecule has 0 saturated carbocycles. The Morgan fingerprint density at radius 3 is 1.84 bits per heavy atom. The van der Waals surface area contributed by atoms with E-state index in [0.717, 1.165) is 17.4 Å². The number of benzene rings is 3. The average molecular weight is 473 g/mol. The number of amides is 1. The highest BCUT2D eigenvalue weighted by atomic mass is 32.2. The molecule has 9 heteroatoms. The van der Waals surface area contributed by atoms with Crippen LogP contribution in [-0.4, -0.2) is 29.0 Å². The van der Waals surface area contributed by atoms with E-state index in [-0.39, 0.29) is 21.7 Å². The average Bonchev–Trinajstić information content (AvgIpc) is 2.73. The molecule has 0 aliphatic rings. The van der Waals surface area contributed by atoms with Gasteiger partial charge in [0, 0.05) is 17.5 Å². The van der Waals surface area contributed by atoms with Gasteiger partial charge in [-0.25, -0.2) is 16.8 Å². The normalized spacial score (nSPS) is 12.7. The Bertz CT molecular complexity index is 1310. The van der Waals surface area contributed by atoms with E-state index in [2.05, 4.69) is 10.0 Å². The smallest absolute Gasteiger partial charge is 0.261 e. The number of carbonyl (C=O) groups excluding carboxylic acids is 1. The van der Waals surface area contributed by atoms with E-state index in [1.165, 1.54) is 48.5 Å². The quantitative estimate of drug-likeness (QED) is 0.545. The molecule has 2 N–H and O–H groups in total. The van der Waals surface area contributed by atoms with Crippen LogP contribution < -0.4 is 10.0 Å². The summed E-state index contributed by atoms with van der Waals surface area (Å²) in [7, 11) is -7.01. The summed E-state index contributed by atoms with van der Waals surface area (Å²) in [5.74, 6) is -0.336. The van der Waals surface area contributed by atoms with Crippen LogP contribution in [0.15, 0.2) is 82.6 Å². The first kappa shape index (κ1) is 23.5. The highest BCUT2D eigenvalue weighted by Crippen LogP contribution is 2.19. The molecule has 32 heavy (non-hydrogen) atoms. The maximum absolute atomic E-state index is 12.6. The van der Waals surface area contributed by atoms with Gasteiger partial charge in [0.05, 0.1) is 15.8 Å². The molecule has 0 radical (unpaired) electrons. The van der Waals surface area contributed by atoms with Crippen molar-refractivity contribution in [1.82, 2.24) is 5.32 Å².